The number of aryl methyl sites for hydroxylation is 1. The molecule has 0 spiro atoms. The Morgan fingerprint density at radius 1 is 1.40 bits per heavy atom. The molecule has 15 heavy (non-hydrogen) atoms. The molecule has 0 unspecified atom stereocenters. The van der Waals surface area contributed by atoms with Crippen molar-refractivity contribution in [3.63, 3.8) is 0 Å². The third-order valence-electron chi connectivity index (χ3n) is 2.29. The quantitative estimate of drug-likeness (QED) is 0.498. The van der Waals surface area contributed by atoms with Crippen molar-refractivity contribution in [1.82, 2.24) is 20.4 Å². The van der Waals surface area contributed by atoms with Gasteiger partial charge < -0.3 is 5.32 Å². The van der Waals surface area contributed by atoms with Gasteiger partial charge in [-0.1, -0.05) is 0 Å². The predicted octanol–water partition coefficient (Wildman–Crippen LogP) is -0.0912. The molecule has 6 heteroatoms. The summed E-state index contributed by atoms with van der Waals surface area (Å²) in [5, 5.41) is 8.57. The van der Waals surface area contributed by atoms with Crippen molar-refractivity contribution in [2.75, 3.05) is 0 Å². The molecular formula is C9H10N4O2. The highest BCUT2D eigenvalue weighted by Gasteiger charge is 2.23. The number of urea groups is 1. The number of nitrogens with zero attached hydrogens (tertiary/aromatic N) is 2. The number of amides is 3. The minimum absolute atomic E-state index is 0.246. The Bertz CT molecular complexity index is 472. The second-order valence-electron chi connectivity index (χ2n) is 3.28. The van der Waals surface area contributed by atoms with Crippen LogP contribution >= 0.6 is 0 Å². The molecule has 78 valence electrons. The molecule has 0 aromatic carbocycles. The number of nitrogens with one attached hydrogen (secondary N) is 2. The lowest BCUT2D eigenvalue weighted by Gasteiger charge is -1.95. The molecule has 1 saturated heterocycles. The van der Waals surface area contributed by atoms with Crippen LogP contribution in [0.1, 0.15) is 11.3 Å². The molecular weight excluding hydrogens is 196 g/mol. The van der Waals surface area contributed by atoms with Gasteiger partial charge in [0.15, 0.2) is 0 Å². The predicted molar refractivity (Wildman–Crippen MR) is 52.6 cm³/mol. The zero-order valence-corrected chi connectivity index (χ0v) is 8.37. The van der Waals surface area contributed by atoms with E-state index in [1.54, 1.807) is 17.0 Å². The fourth-order valence-corrected chi connectivity index (χ4v) is 1.30. The summed E-state index contributed by atoms with van der Waals surface area (Å²) >= 11 is 0. The molecule has 2 heterocycles. The van der Waals surface area contributed by atoms with E-state index in [4.69, 9.17) is 0 Å². The van der Waals surface area contributed by atoms with Crippen molar-refractivity contribution >= 4 is 18.0 Å². The normalized spacial score (nSPS) is 18.1. The summed E-state index contributed by atoms with van der Waals surface area (Å²) < 4.78 is 1.70. The van der Waals surface area contributed by atoms with Gasteiger partial charge in [-0.05, 0) is 13.0 Å². The van der Waals surface area contributed by atoms with E-state index in [1.165, 1.54) is 0 Å². The van der Waals surface area contributed by atoms with Gasteiger partial charge in [0.1, 0.15) is 5.70 Å². The van der Waals surface area contributed by atoms with E-state index in [1.807, 2.05) is 14.0 Å². The molecule has 0 aliphatic carbocycles. The standard InChI is InChI=1S/C9H10N4O2/c1-5-6(4-10-13(5)2)3-7-8(14)12-9(15)11-7/h3-4H,1-2H3,(H2,11,12,14,15)/b7-3+. The third kappa shape index (κ3) is 1.61. The Kier molecular flexibility index (Phi) is 2.03. The molecule has 1 aliphatic heterocycles. The van der Waals surface area contributed by atoms with Gasteiger partial charge in [-0.2, -0.15) is 5.10 Å². The molecule has 1 aliphatic rings. The summed E-state index contributed by atoms with van der Waals surface area (Å²) in [5.74, 6) is -0.414. The van der Waals surface area contributed by atoms with Gasteiger partial charge in [-0.15, -0.1) is 0 Å². The summed E-state index contributed by atoms with van der Waals surface area (Å²) in [6.45, 7) is 1.88. The first-order valence-electron chi connectivity index (χ1n) is 4.40. The third-order valence-corrected chi connectivity index (χ3v) is 2.29. The molecule has 2 rings (SSSR count). The van der Waals surface area contributed by atoms with E-state index < -0.39 is 11.9 Å². The smallest absolute Gasteiger partial charge is 0.303 e. The second-order valence-corrected chi connectivity index (χ2v) is 3.28. The van der Waals surface area contributed by atoms with Gasteiger partial charge >= 0.3 is 6.03 Å². The highest BCUT2D eigenvalue weighted by molar-refractivity contribution is 6.14. The van der Waals surface area contributed by atoms with Crippen LogP contribution in [-0.4, -0.2) is 21.7 Å². The summed E-state index contributed by atoms with van der Waals surface area (Å²) in [7, 11) is 1.81. The summed E-state index contributed by atoms with van der Waals surface area (Å²) in [6.07, 6.45) is 3.24. The van der Waals surface area contributed by atoms with Crippen molar-refractivity contribution in [2.24, 2.45) is 7.05 Å². The Morgan fingerprint density at radius 2 is 2.13 bits per heavy atom. The van der Waals surface area contributed by atoms with E-state index >= 15 is 0 Å². The van der Waals surface area contributed by atoms with Crippen molar-refractivity contribution in [3.8, 4) is 0 Å². The monoisotopic (exact) mass is 206 g/mol. The maximum atomic E-state index is 11.2. The lowest BCUT2D eigenvalue weighted by molar-refractivity contribution is -0.115. The maximum absolute atomic E-state index is 11.2. The zero-order chi connectivity index (χ0) is 11.0. The number of imide groups is 1. The van der Waals surface area contributed by atoms with Crippen LogP contribution in [0.25, 0.3) is 6.08 Å². The van der Waals surface area contributed by atoms with E-state index in [2.05, 4.69) is 15.7 Å². The highest BCUT2D eigenvalue weighted by atomic mass is 16.2. The van der Waals surface area contributed by atoms with Crippen molar-refractivity contribution in [2.45, 2.75) is 6.92 Å². The Hall–Kier alpha value is -2.11. The van der Waals surface area contributed by atoms with Crippen LogP contribution in [0, 0.1) is 6.92 Å². The first-order valence-corrected chi connectivity index (χ1v) is 4.40. The molecule has 3 amide bonds. The maximum Gasteiger partial charge on any atom is 0.326 e. The molecule has 0 saturated carbocycles. The van der Waals surface area contributed by atoms with Crippen molar-refractivity contribution in [3.05, 3.63) is 23.2 Å². The van der Waals surface area contributed by atoms with Crippen LogP contribution in [0.3, 0.4) is 0 Å². The topological polar surface area (TPSA) is 76.0 Å². The van der Waals surface area contributed by atoms with Crippen LogP contribution in [0.4, 0.5) is 4.79 Å². The second kappa shape index (κ2) is 3.23. The van der Waals surface area contributed by atoms with Crippen LogP contribution in [-0.2, 0) is 11.8 Å². The summed E-state index contributed by atoms with van der Waals surface area (Å²) in [4.78, 5) is 22.1. The minimum Gasteiger partial charge on any atom is -0.303 e. The lowest BCUT2D eigenvalue weighted by atomic mass is 10.2. The average Bonchev–Trinajstić information content (AvgIpc) is 2.64. The lowest BCUT2D eigenvalue weighted by Crippen LogP contribution is -2.22. The SMILES string of the molecule is Cc1c(/C=C2/NC(=O)NC2=O)cnn1C. The number of carbonyl (C=O) groups is 2. The first-order chi connectivity index (χ1) is 7.08. The Labute approximate surface area is 86.0 Å². The van der Waals surface area contributed by atoms with Gasteiger partial charge in [0, 0.05) is 18.3 Å². The number of aromatic nitrogens is 2. The zero-order valence-electron chi connectivity index (χ0n) is 8.37. The first kappa shape index (κ1) is 9.45. The molecule has 0 atom stereocenters. The van der Waals surface area contributed by atoms with Gasteiger partial charge in [-0.25, -0.2) is 4.79 Å². The van der Waals surface area contributed by atoms with E-state index in [-0.39, 0.29) is 5.70 Å². The largest absolute Gasteiger partial charge is 0.326 e. The van der Waals surface area contributed by atoms with Crippen molar-refractivity contribution < 1.29 is 9.59 Å². The number of hydrogen-bond acceptors (Lipinski definition) is 3. The van der Waals surface area contributed by atoms with Gasteiger partial charge in [0.25, 0.3) is 5.91 Å². The van der Waals surface area contributed by atoms with Crippen LogP contribution in [0.2, 0.25) is 0 Å². The minimum atomic E-state index is -0.493. The average molecular weight is 206 g/mol. The number of rotatable bonds is 1. The van der Waals surface area contributed by atoms with Gasteiger partial charge in [-0.3, -0.25) is 14.8 Å². The summed E-state index contributed by atoms with van der Waals surface area (Å²) in [6, 6.07) is -0.493. The van der Waals surface area contributed by atoms with E-state index in [9.17, 15) is 9.59 Å². The Balaban J connectivity index is 2.35. The highest BCUT2D eigenvalue weighted by Crippen LogP contribution is 2.11. The molecule has 0 bridgehead atoms. The van der Waals surface area contributed by atoms with Crippen LogP contribution in [0.5, 0.6) is 0 Å². The van der Waals surface area contributed by atoms with Gasteiger partial charge in [0.05, 0.1) is 6.20 Å². The molecule has 1 aromatic heterocycles. The van der Waals surface area contributed by atoms with E-state index in [0.717, 1.165) is 11.3 Å². The van der Waals surface area contributed by atoms with Crippen LogP contribution in [0.15, 0.2) is 11.9 Å². The Morgan fingerprint density at radius 3 is 2.60 bits per heavy atom. The fourth-order valence-electron chi connectivity index (χ4n) is 1.30. The molecule has 6 nitrogen and oxygen atoms in total. The van der Waals surface area contributed by atoms with Crippen molar-refractivity contribution in [1.29, 1.82) is 0 Å². The molecule has 1 aromatic rings. The van der Waals surface area contributed by atoms with E-state index in [0.29, 0.717) is 0 Å². The van der Waals surface area contributed by atoms with Crippen LogP contribution < -0.4 is 10.6 Å². The molecule has 1 fully saturated rings. The fraction of sp³-hybridized carbons (Fsp3) is 0.222. The van der Waals surface area contributed by atoms with Gasteiger partial charge in [0.2, 0.25) is 0 Å². The summed E-state index contributed by atoms with van der Waals surface area (Å²) in [5.41, 5.74) is 1.98. The number of hydrogen-bond donors (Lipinski definition) is 2. The number of carbonyl (C=O) groups excluding carboxylic acids is 2. The molecule has 2 N–H and O–H groups in total. The molecule has 0 radical (unpaired) electrons.